The van der Waals surface area contributed by atoms with Crippen molar-refractivity contribution in [3.05, 3.63) is 24.2 Å². The van der Waals surface area contributed by atoms with Gasteiger partial charge in [-0.1, -0.05) is 13.5 Å². The molecule has 0 aromatic heterocycles. The van der Waals surface area contributed by atoms with Crippen molar-refractivity contribution in [2.45, 2.75) is 26.2 Å². The van der Waals surface area contributed by atoms with E-state index in [9.17, 15) is 0 Å². The van der Waals surface area contributed by atoms with Crippen LogP contribution in [0.4, 0.5) is 0 Å². The van der Waals surface area contributed by atoms with Gasteiger partial charge in [-0.2, -0.15) is 0 Å². The van der Waals surface area contributed by atoms with E-state index in [0.717, 1.165) is 30.8 Å². The maximum atomic E-state index is 5.20. The monoisotopic (exact) mass is 182 g/mol. The summed E-state index contributed by atoms with van der Waals surface area (Å²) in [6, 6.07) is 0. The molecule has 2 heteroatoms. The minimum absolute atomic E-state index is 0.0940. The summed E-state index contributed by atoms with van der Waals surface area (Å²) in [5, 5.41) is 0. The predicted molar refractivity (Wildman–Crippen MR) is 53.2 cm³/mol. The number of rotatable bonds is 3. The van der Waals surface area contributed by atoms with Crippen molar-refractivity contribution in [3.63, 3.8) is 0 Å². The van der Waals surface area contributed by atoms with Crippen LogP contribution in [0, 0.1) is 5.41 Å². The molecule has 0 aliphatic heterocycles. The first kappa shape index (κ1) is 10.2. The van der Waals surface area contributed by atoms with Gasteiger partial charge in [0.1, 0.15) is 0 Å². The molecule has 1 atom stereocenters. The Kier molecular flexibility index (Phi) is 3.02. The SMILES string of the molecule is C=C(OC)C1(C)CC=C(OC)CC1. The highest BCUT2D eigenvalue weighted by Crippen LogP contribution is 2.40. The molecule has 0 heterocycles. The summed E-state index contributed by atoms with van der Waals surface area (Å²) in [5.41, 5.74) is 0.0940. The Morgan fingerprint density at radius 3 is 2.62 bits per heavy atom. The van der Waals surface area contributed by atoms with E-state index in [2.05, 4.69) is 19.6 Å². The van der Waals surface area contributed by atoms with Crippen LogP contribution in [0.5, 0.6) is 0 Å². The average molecular weight is 182 g/mol. The summed E-state index contributed by atoms with van der Waals surface area (Å²) in [5.74, 6) is 1.96. The lowest BCUT2D eigenvalue weighted by Gasteiger charge is -2.32. The Morgan fingerprint density at radius 1 is 1.54 bits per heavy atom. The van der Waals surface area contributed by atoms with Crippen molar-refractivity contribution < 1.29 is 9.47 Å². The van der Waals surface area contributed by atoms with Gasteiger partial charge in [-0.3, -0.25) is 0 Å². The lowest BCUT2D eigenvalue weighted by atomic mass is 9.77. The molecule has 0 saturated carbocycles. The molecule has 0 saturated heterocycles. The first-order chi connectivity index (χ1) is 6.12. The molecule has 0 N–H and O–H groups in total. The summed E-state index contributed by atoms with van der Waals surface area (Å²) in [6.45, 7) is 6.11. The molecule has 0 bridgehead atoms. The van der Waals surface area contributed by atoms with E-state index in [0.29, 0.717) is 0 Å². The molecule has 1 aliphatic rings. The number of methoxy groups -OCH3 is 2. The second-order valence-electron chi connectivity index (χ2n) is 3.77. The van der Waals surface area contributed by atoms with Crippen molar-refractivity contribution in [2.75, 3.05) is 14.2 Å². The third-order valence-corrected chi connectivity index (χ3v) is 2.89. The molecular weight excluding hydrogens is 164 g/mol. The van der Waals surface area contributed by atoms with Gasteiger partial charge >= 0.3 is 0 Å². The molecule has 0 spiro atoms. The number of allylic oxidation sites excluding steroid dienone is 3. The Labute approximate surface area is 80.2 Å². The highest BCUT2D eigenvalue weighted by atomic mass is 16.5. The lowest BCUT2D eigenvalue weighted by molar-refractivity contribution is 0.154. The topological polar surface area (TPSA) is 18.5 Å². The normalized spacial score (nSPS) is 27.8. The molecule has 1 unspecified atom stereocenters. The fourth-order valence-electron chi connectivity index (χ4n) is 1.63. The summed E-state index contributed by atoms with van der Waals surface area (Å²) in [7, 11) is 3.41. The van der Waals surface area contributed by atoms with Gasteiger partial charge in [-0.25, -0.2) is 0 Å². The fraction of sp³-hybridized carbons (Fsp3) is 0.636. The molecule has 0 aromatic rings. The summed E-state index contributed by atoms with van der Waals surface area (Å²) < 4.78 is 10.4. The van der Waals surface area contributed by atoms with E-state index in [-0.39, 0.29) is 5.41 Å². The third kappa shape index (κ3) is 2.06. The van der Waals surface area contributed by atoms with Crippen molar-refractivity contribution in [3.8, 4) is 0 Å². The van der Waals surface area contributed by atoms with Crippen LogP contribution in [0.25, 0.3) is 0 Å². The van der Waals surface area contributed by atoms with Gasteiger partial charge in [0.25, 0.3) is 0 Å². The van der Waals surface area contributed by atoms with Crippen LogP contribution < -0.4 is 0 Å². The van der Waals surface area contributed by atoms with Crippen molar-refractivity contribution in [1.29, 1.82) is 0 Å². The highest BCUT2D eigenvalue weighted by molar-refractivity contribution is 5.12. The summed E-state index contributed by atoms with van der Waals surface area (Å²) >= 11 is 0. The Balaban J connectivity index is 2.66. The van der Waals surface area contributed by atoms with Crippen LogP contribution in [0.1, 0.15) is 26.2 Å². The van der Waals surface area contributed by atoms with Crippen LogP contribution in [-0.4, -0.2) is 14.2 Å². The second-order valence-corrected chi connectivity index (χ2v) is 3.77. The molecule has 0 radical (unpaired) electrons. The molecule has 0 aromatic carbocycles. The third-order valence-electron chi connectivity index (χ3n) is 2.89. The van der Waals surface area contributed by atoms with Crippen LogP contribution in [0.15, 0.2) is 24.2 Å². The van der Waals surface area contributed by atoms with E-state index < -0.39 is 0 Å². The van der Waals surface area contributed by atoms with Crippen LogP contribution in [0.2, 0.25) is 0 Å². The molecule has 1 rings (SSSR count). The first-order valence-electron chi connectivity index (χ1n) is 4.59. The smallest absolute Gasteiger partial charge is 0.0945 e. The molecule has 1 aliphatic carbocycles. The zero-order chi connectivity index (χ0) is 9.90. The minimum Gasteiger partial charge on any atom is -0.501 e. The summed E-state index contributed by atoms with van der Waals surface area (Å²) in [4.78, 5) is 0. The van der Waals surface area contributed by atoms with Crippen LogP contribution >= 0.6 is 0 Å². The minimum atomic E-state index is 0.0940. The highest BCUT2D eigenvalue weighted by Gasteiger charge is 2.31. The van der Waals surface area contributed by atoms with Crippen LogP contribution in [-0.2, 0) is 9.47 Å². The van der Waals surface area contributed by atoms with Crippen molar-refractivity contribution in [1.82, 2.24) is 0 Å². The van der Waals surface area contributed by atoms with E-state index >= 15 is 0 Å². The first-order valence-corrected chi connectivity index (χ1v) is 4.59. The molecule has 2 nitrogen and oxygen atoms in total. The van der Waals surface area contributed by atoms with Gasteiger partial charge in [-0.05, 0) is 18.9 Å². The van der Waals surface area contributed by atoms with Gasteiger partial charge in [0.05, 0.1) is 25.7 Å². The van der Waals surface area contributed by atoms with Crippen LogP contribution in [0.3, 0.4) is 0 Å². The fourth-order valence-corrected chi connectivity index (χ4v) is 1.63. The van der Waals surface area contributed by atoms with Gasteiger partial charge in [0.15, 0.2) is 0 Å². The number of hydrogen-bond donors (Lipinski definition) is 0. The Hall–Kier alpha value is -0.920. The maximum Gasteiger partial charge on any atom is 0.0945 e. The quantitative estimate of drug-likeness (QED) is 0.625. The summed E-state index contributed by atoms with van der Waals surface area (Å²) in [6.07, 6.45) is 5.13. The predicted octanol–water partition coefficient (Wildman–Crippen LogP) is 2.87. The second kappa shape index (κ2) is 3.86. The van der Waals surface area contributed by atoms with Gasteiger partial charge in [0, 0.05) is 11.8 Å². The van der Waals surface area contributed by atoms with Crippen molar-refractivity contribution >= 4 is 0 Å². The van der Waals surface area contributed by atoms with E-state index in [1.807, 2.05) is 0 Å². The van der Waals surface area contributed by atoms with E-state index in [1.54, 1.807) is 14.2 Å². The molecular formula is C11H18O2. The van der Waals surface area contributed by atoms with Gasteiger partial charge in [-0.15, -0.1) is 0 Å². The van der Waals surface area contributed by atoms with E-state index in [1.165, 1.54) is 0 Å². The number of ether oxygens (including phenoxy) is 2. The molecule has 0 fully saturated rings. The van der Waals surface area contributed by atoms with Crippen molar-refractivity contribution in [2.24, 2.45) is 5.41 Å². The Bertz CT molecular complexity index is 230. The Morgan fingerprint density at radius 2 is 2.23 bits per heavy atom. The number of hydrogen-bond acceptors (Lipinski definition) is 2. The van der Waals surface area contributed by atoms with E-state index in [4.69, 9.17) is 9.47 Å². The van der Waals surface area contributed by atoms with Gasteiger partial charge < -0.3 is 9.47 Å². The largest absolute Gasteiger partial charge is 0.501 e. The average Bonchev–Trinajstić information content (AvgIpc) is 2.18. The molecule has 74 valence electrons. The zero-order valence-corrected chi connectivity index (χ0v) is 8.72. The standard InChI is InChI=1S/C11H18O2/c1-9(12-3)11(2)7-5-10(13-4)6-8-11/h5H,1,6-8H2,2-4H3. The molecule has 0 amide bonds. The zero-order valence-electron chi connectivity index (χ0n) is 8.72. The lowest BCUT2D eigenvalue weighted by Crippen LogP contribution is -2.22. The molecule has 13 heavy (non-hydrogen) atoms. The maximum absolute atomic E-state index is 5.20. The van der Waals surface area contributed by atoms with Gasteiger partial charge in [0.2, 0.25) is 0 Å².